The number of nitrogens with one attached hydrogen (secondary N) is 2. The number of hydrogen-bond acceptors (Lipinski definition) is 4. The Kier molecular flexibility index (Phi) is 4.15. The topological polar surface area (TPSA) is 59.6 Å². The highest BCUT2D eigenvalue weighted by Gasteiger charge is 2.28. The number of amides is 1. The Hall–Kier alpha value is -0.650. The molecule has 1 unspecified atom stereocenters. The van der Waals surface area contributed by atoms with Gasteiger partial charge in [-0.15, -0.1) is 0 Å². The zero-order chi connectivity index (χ0) is 11.4. The fraction of sp³-hybridized carbons (Fsp3) is 0.909. The third-order valence-corrected chi connectivity index (χ3v) is 3.13. The standard InChI is InChI=1S/C11H20N2O3/c1-8-10(12-4-6-15-8)11(14)13-7-9-3-2-5-16-9/h8-10,12H,2-7H2,1H3,(H,13,14)/t8-,9?,10+/m1/s1. The van der Waals surface area contributed by atoms with Crippen molar-refractivity contribution >= 4 is 5.91 Å². The minimum Gasteiger partial charge on any atom is -0.376 e. The quantitative estimate of drug-likeness (QED) is 0.694. The molecule has 0 spiro atoms. The van der Waals surface area contributed by atoms with Gasteiger partial charge in [0.25, 0.3) is 0 Å². The average molecular weight is 228 g/mol. The third-order valence-electron chi connectivity index (χ3n) is 3.13. The number of hydrogen-bond donors (Lipinski definition) is 2. The Morgan fingerprint density at radius 2 is 2.31 bits per heavy atom. The Morgan fingerprint density at radius 1 is 1.44 bits per heavy atom. The van der Waals surface area contributed by atoms with Crippen LogP contribution in [0, 0.1) is 0 Å². The van der Waals surface area contributed by atoms with E-state index >= 15 is 0 Å². The molecular weight excluding hydrogens is 208 g/mol. The second kappa shape index (κ2) is 5.61. The molecule has 2 aliphatic heterocycles. The van der Waals surface area contributed by atoms with Crippen LogP contribution >= 0.6 is 0 Å². The molecule has 0 aromatic heterocycles. The second-order valence-electron chi connectivity index (χ2n) is 4.39. The maximum atomic E-state index is 11.9. The van der Waals surface area contributed by atoms with Crippen LogP contribution < -0.4 is 10.6 Å². The molecule has 16 heavy (non-hydrogen) atoms. The lowest BCUT2D eigenvalue weighted by Gasteiger charge is -2.29. The SMILES string of the molecule is C[C@H]1OCCN[C@@H]1C(=O)NCC1CCCO1. The molecule has 5 heteroatoms. The summed E-state index contributed by atoms with van der Waals surface area (Å²) in [6.07, 6.45) is 2.29. The minimum absolute atomic E-state index is 0.0164. The van der Waals surface area contributed by atoms with E-state index in [0.29, 0.717) is 13.2 Å². The predicted octanol–water partition coefficient (Wildman–Crippen LogP) is -0.341. The van der Waals surface area contributed by atoms with Crippen LogP contribution in [0.5, 0.6) is 0 Å². The van der Waals surface area contributed by atoms with Gasteiger partial charge in [0.1, 0.15) is 6.04 Å². The van der Waals surface area contributed by atoms with Crippen molar-refractivity contribution in [1.82, 2.24) is 10.6 Å². The minimum atomic E-state index is -0.227. The summed E-state index contributed by atoms with van der Waals surface area (Å²) in [7, 11) is 0. The van der Waals surface area contributed by atoms with Crippen LogP contribution in [0.3, 0.4) is 0 Å². The largest absolute Gasteiger partial charge is 0.376 e. The van der Waals surface area contributed by atoms with Crippen molar-refractivity contribution in [3.8, 4) is 0 Å². The Balaban J connectivity index is 1.73. The Bertz CT molecular complexity index is 241. The van der Waals surface area contributed by atoms with Crippen molar-refractivity contribution in [1.29, 1.82) is 0 Å². The smallest absolute Gasteiger partial charge is 0.239 e. The van der Waals surface area contributed by atoms with Gasteiger partial charge in [-0.2, -0.15) is 0 Å². The van der Waals surface area contributed by atoms with Gasteiger partial charge in [-0.3, -0.25) is 4.79 Å². The van der Waals surface area contributed by atoms with Gasteiger partial charge in [-0.1, -0.05) is 0 Å². The van der Waals surface area contributed by atoms with E-state index < -0.39 is 0 Å². The van der Waals surface area contributed by atoms with Gasteiger partial charge in [0.05, 0.1) is 18.8 Å². The first-order valence-electron chi connectivity index (χ1n) is 6.01. The molecule has 0 aromatic carbocycles. The van der Waals surface area contributed by atoms with E-state index in [4.69, 9.17) is 9.47 Å². The van der Waals surface area contributed by atoms with Crippen molar-refractivity contribution < 1.29 is 14.3 Å². The summed E-state index contributed by atoms with van der Waals surface area (Å²) < 4.78 is 10.9. The van der Waals surface area contributed by atoms with E-state index in [2.05, 4.69) is 10.6 Å². The average Bonchev–Trinajstić information content (AvgIpc) is 2.79. The molecular formula is C11H20N2O3. The molecule has 5 nitrogen and oxygen atoms in total. The van der Waals surface area contributed by atoms with Crippen molar-refractivity contribution in [2.24, 2.45) is 0 Å². The maximum absolute atomic E-state index is 11.9. The summed E-state index contributed by atoms with van der Waals surface area (Å²) in [4.78, 5) is 11.9. The first kappa shape index (κ1) is 11.8. The van der Waals surface area contributed by atoms with Gasteiger partial charge < -0.3 is 20.1 Å². The zero-order valence-corrected chi connectivity index (χ0v) is 9.70. The van der Waals surface area contributed by atoms with E-state index in [1.165, 1.54) is 0 Å². The maximum Gasteiger partial charge on any atom is 0.239 e. The molecule has 2 N–H and O–H groups in total. The summed E-state index contributed by atoms with van der Waals surface area (Å²) in [5.41, 5.74) is 0. The molecule has 2 rings (SSSR count). The van der Waals surface area contributed by atoms with Gasteiger partial charge in [0.15, 0.2) is 0 Å². The lowest BCUT2D eigenvalue weighted by Crippen LogP contribution is -2.56. The van der Waals surface area contributed by atoms with Gasteiger partial charge in [0, 0.05) is 19.7 Å². The highest BCUT2D eigenvalue weighted by molar-refractivity contribution is 5.82. The number of rotatable bonds is 3. The van der Waals surface area contributed by atoms with E-state index in [1.54, 1.807) is 0 Å². The number of morpholine rings is 1. The van der Waals surface area contributed by atoms with Gasteiger partial charge >= 0.3 is 0 Å². The van der Waals surface area contributed by atoms with Crippen molar-refractivity contribution in [3.63, 3.8) is 0 Å². The van der Waals surface area contributed by atoms with Crippen LogP contribution in [0.2, 0.25) is 0 Å². The Labute approximate surface area is 95.9 Å². The zero-order valence-electron chi connectivity index (χ0n) is 9.70. The second-order valence-corrected chi connectivity index (χ2v) is 4.39. The molecule has 0 bridgehead atoms. The third kappa shape index (κ3) is 2.93. The lowest BCUT2D eigenvalue weighted by atomic mass is 10.1. The van der Waals surface area contributed by atoms with Gasteiger partial charge in [-0.05, 0) is 19.8 Å². The molecule has 0 saturated carbocycles. The fourth-order valence-electron chi connectivity index (χ4n) is 2.16. The van der Waals surface area contributed by atoms with Crippen LogP contribution in [0.1, 0.15) is 19.8 Å². The summed E-state index contributed by atoms with van der Waals surface area (Å²) >= 11 is 0. The first-order valence-corrected chi connectivity index (χ1v) is 6.01. The Morgan fingerprint density at radius 3 is 3.00 bits per heavy atom. The number of carbonyl (C=O) groups is 1. The summed E-state index contributed by atoms with van der Waals surface area (Å²) in [5.74, 6) is 0.0164. The van der Waals surface area contributed by atoms with Crippen molar-refractivity contribution in [3.05, 3.63) is 0 Å². The predicted molar refractivity (Wildman–Crippen MR) is 59.2 cm³/mol. The van der Waals surface area contributed by atoms with E-state index in [1.807, 2.05) is 6.92 Å². The van der Waals surface area contributed by atoms with Crippen molar-refractivity contribution in [2.75, 3.05) is 26.3 Å². The lowest BCUT2D eigenvalue weighted by molar-refractivity contribution is -0.129. The van der Waals surface area contributed by atoms with Crippen LogP contribution in [-0.2, 0) is 14.3 Å². The summed E-state index contributed by atoms with van der Waals surface area (Å²) in [5, 5.41) is 6.08. The van der Waals surface area contributed by atoms with Gasteiger partial charge in [0.2, 0.25) is 5.91 Å². The van der Waals surface area contributed by atoms with Gasteiger partial charge in [-0.25, -0.2) is 0 Å². The summed E-state index contributed by atoms with van der Waals surface area (Å²) in [6, 6.07) is -0.227. The highest BCUT2D eigenvalue weighted by atomic mass is 16.5. The molecule has 92 valence electrons. The molecule has 0 radical (unpaired) electrons. The molecule has 0 aromatic rings. The molecule has 1 amide bonds. The molecule has 2 saturated heterocycles. The molecule has 2 aliphatic rings. The monoisotopic (exact) mass is 228 g/mol. The first-order chi connectivity index (χ1) is 7.77. The molecule has 0 aliphatic carbocycles. The number of ether oxygens (including phenoxy) is 2. The van der Waals surface area contributed by atoms with E-state index in [-0.39, 0.29) is 24.2 Å². The van der Waals surface area contributed by atoms with Crippen LogP contribution in [0.15, 0.2) is 0 Å². The molecule has 2 fully saturated rings. The molecule has 2 heterocycles. The summed E-state index contributed by atoms with van der Waals surface area (Å²) in [6.45, 7) is 4.77. The van der Waals surface area contributed by atoms with Crippen LogP contribution in [-0.4, -0.2) is 50.5 Å². The van der Waals surface area contributed by atoms with E-state index in [0.717, 1.165) is 26.0 Å². The van der Waals surface area contributed by atoms with Crippen LogP contribution in [0.25, 0.3) is 0 Å². The number of carbonyl (C=O) groups excluding carboxylic acids is 1. The molecule has 3 atom stereocenters. The van der Waals surface area contributed by atoms with Crippen molar-refractivity contribution in [2.45, 2.75) is 38.0 Å². The normalized spacial score (nSPS) is 34.9. The van der Waals surface area contributed by atoms with E-state index in [9.17, 15) is 4.79 Å². The highest BCUT2D eigenvalue weighted by Crippen LogP contribution is 2.11. The fourth-order valence-corrected chi connectivity index (χ4v) is 2.16. The van der Waals surface area contributed by atoms with Crippen LogP contribution in [0.4, 0.5) is 0 Å².